The number of alkyl carbamates (subject to hydrolysis) is 1. The third-order valence-electron chi connectivity index (χ3n) is 4.55. The van der Waals surface area contributed by atoms with Gasteiger partial charge in [-0.25, -0.2) is 4.79 Å². The van der Waals surface area contributed by atoms with Crippen LogP contribution in [0.5, 0.6) is 5.75 Å². The lowest BCUT2D eigenvalue weighted by Crippen LogP contribution is -2.54. The Bertz CT molecular complexity index is 821. The molecule has 1 aromatic carbocycles. The molecule has 0 spiro atoms. The normalized spacial score (nSPS) is 16.1. The first kappa shape index (κ1) is 24.5. The van der Waals surface area contributed by atoms with Crippen LogP contribution in [0.3, 0.4) is 0 Å². The Hall–Kier alpha value is -2.77. The van der Waals surface area contributed by atoms with Crippen LogP contribution in [-0.4, -0.2) is 51.1 Å². The number of para-hydroxylation sites is 1. The lowest BCUT2D eigenvalue weighted by Gasteiger charge is -2.35. The van der Waals surface area contributed by atoms with E-state index in [0.717, 1.165) is 12.8 Å². The van der Waals surface area contributed by atoms with Crippen molar-refractivity contribution in [3.8, 4) is 5.75 Å². The maximum Gasteiger partial charge on any atom is 0.408 e. The summed E-state index contributed by atoms with van der Waals surface area (Å²) in [4.78, 5) is 40.4. The highest BCUT2D eigenvalue weighted by Gasteiger charge is 2.44. The van der Waals surface area contributed by atoms with E-state index in [-0.39, 0.29) is 11.8 Å². The lowest BCUT2D eigenvalue weighted by molar-refractivity contribution is -0.143. The van der Waals surface area contributed by atoms with Gasteiger partial charge in [0, 0.05) is 17.1 Å². The van der Waals surface area contributed by atoms with Gasteiger partial charge in [0.2, 0.25) is 11.8 Å². The van der Waals surface area contributed by atoms with E-state index in [1.807, 2.05) is 20.8 Å². The quantitative estimate of drug-likeness (QED) is 0.638. The summed E-state index contributed by atoms with van der Waals surface area (Å²) in [6.07, 6.45) is 0.789. The maximum absolute atomic E-state index is 13.4. The van der Waals surface area contributed by atoms with E-state index >= 15 is 0 Å². The van der Waals surface area contributed by atoms with Gasteiger partial charge in [-0.15, -0.1) is 0 Å². The number of nitrogens with zero attached hydrogens (tertiary/aromatic N) is 1. The van der Waals surface area contributed by atoms with Gasteiger partial charge >= 0.3 is 6.09 Å². The summed E-state index contributed by atoms with van der Waals surface area (Å²) >= 11 is 0. The fourth-order valence-corrected chi connectivity index (χ4v) is 3.21. The zero-order chi connectivity index (χ0) is 23.6. The highest BCUT2D eigenvalue weighted by atomic mass is 16.6. The number of nitrogens with one attached hydrogen (secondary N) is 2. The molecule has 0 aromatic heterocycles. The Morgan fingerprint density at radius 2 is 1.68 bits per heavy atom. The van der Waals surface area contributed by atoms with Crippen LogP contribution in [0.1, 0.15) is 72.9 Å². The molecule has 2 rings (SSSR count). The van der Waals surface area contributed by atoms with Crippen LogP contribution in [0.4, 0.5) is 4.79 Å². The summed E-state index contributed by atoms with van der Waals surface area (Å²) in [5, 5.41) is 15.9. The highest BCUT2D eigenvalue weighted by molar-refractivity contribution is 5.93. The largest absolute Gasteiger partial charge is 0.508 e. The van der Waals surface area contributed by atoms with Crippen LogP contribution in [-0.2, 0) is 14.3 Å². The molecule has 0 radical (unpaired) electrons. The number of carbonyl (C=O) groups excluding carboxylic acids is 3. The van der Waals surface area contributed by atoms with Crippen LogP contribution in [0.25, 0.3) is 0 Å². The number of carbonyl (C=O) groups is 3. The van der Waals surface area contributed by atoms with E-state index in [1.165, 1.54) is 11.0 Å². The van der Waals surface area contributed by atoms with Crippen LogP contribution in [0.15, 0.2) is 24.3 Å². The summed E-state index contributed by atoms with van der Waals surface area (Å²) in [7, 11) is 0. The van der Waals surface area contributed by atoms with Crippen molar-refractivity contribution >= 4 is 17.9 Å². The molecule has 1 fully saturated rings. The fourth-order valence-electron chi connectivity index (χ4n) is 3.21. The van der Waals surface area contributed by atoms with E-state index < -0.39 is 41.1 Å². The van der Waals surface area contributed by atoms with Crippen LogP contribution in [0.2, 0.25) is 0 Å². The standard InChI is InChI=1S/C23H35N3O5/c1-14(24-21(30)31-23(5,6)7)20(29)26(15-12-13-15)18(19(28)25-22(2,3)4)16-10-8-9-11-17(16)27/h8-11,14-15,18,27H,12-13H2,1-7H3,(H,24,30)(H,25,28). The Balaban J connectivity index is 2.36. The average molecular weight is 434 g/mol. The maximum atomic E-state index is 13.4. The first-order valence-electron chi connectivity index (χ1n) is 10.6. The number of amides is 3. The van der Waals surface area contributed by atoms with Crippen LogP contribution >= 0.6 is 0 Å². The van der Waals surface area contributed by atoms with E-state index in [4.69, 9.17) is 4.74 Å². The molecular weight excluding hydrogens is 398 g/mol. The second-order valence-electron chi connectivity index (χ2n) is 10.0. The molecule has 8 nitrogen and oxygen atoms in total. The number of phenolic OH excluding ortho intramolecular Hbond substituents is 1. The molecule has 1 aliphatic carbocycles. The molecule has 2 atom stereocenters. The molecule has 31 heavy (non-hydrogen) atoms. The zero-order valence-corrected chi connectivity index (χ0v) is 19.5. The number of rotatable bonds is 6. The number of phenols is 1. The molecule has 1 aliphatic rings. The number of benzene rings is 1. The first-order chi connectivity index (χ1) is 14.2. The van der Waals surface area contributed by atoms with Gasteiger partial charge in [0.25, 0.3) is 0 Å². The monoisotopic (exact) mass is 433 g/mol. The third-order valence-corrected chi connectivity index (χ3v) is 4.55. The van der Waals surface area contributed by atoms with Crippen molar-refractivity contribution in [3.63, 3.8) is 0 Å². The number of ether oxygens (including phenoxy) is 1. The molecule has 1 saturated carbocycles. The van der Waals surface area contributed by atoms with Gasteiger partial charge in [-0.3, -0.25) is 9.59 Å². The highest BCUT2D eigenvalue weighted by Crippen LogP contribution is 2.38. The molecule has 172 valence electrons. The topological polar surface area (TPSA) is 108 Å². The zero-order valence-electron chi connectivity index (χ0n) is 19.5. The average Bonchev–Trinajstić information content (AvgIpc) is 3.41. The molecule has 2 unspecified atom stereocenters. The molecule has 1 aromatic rings. The second kappa shape index (κ2) is 9.16. The minimum Gasteiger partial charge on any atom is -0.508 e. The molecule has 8 heteroatoms. The minimum absolute atomic E-state index is 0.0669. The molecule has 0 bridgehead atoms. The van der Waals surface area contributed by atoms with Gasteiger partial charge in [-0.2, -0.15) is 0 Å². The molecule has 3 amide bonds. The molecule has 0 saturated heterocycles. The summed E-state index contributed by atoms with van der Waals surface area (Å²) in [5.41, 5.74) is -0.888. The van der Waals surface area contributed by atoms with Crippen molar-refractivity contribution in [1.29, 1.82) is 0 Å². The summed E-state index contributed by atoms with van der Waals surface area (Å²) in [6.45, 7) is 12.3. The Labute approximate surface area is 184 Å². The number of aromatic hydroxyl groups is 1. The summed E-state index contributed by atoms with van der Waals surface area (Å²) in [6, 6.07) is 4.42. The van der Waals surface area contributed by atoms with E-state index in [9.17, 15) is 19.5 Å². The number of hydrogen-bond donors (Lipinski definition) is 3. The van der Waals surface area contributed by atoms with Crippen molar-refractivity contribution in [1.82, 2.24) is 15.5 Å². The van der Waals surface area contributed by atoms with Crippen molar-refractivity contribution in [3.05, 3.63) is 29.8 Å². The van der Waals surface area contributed by atoms with Gasteiger partial charge in [-0.1, -0.05) is 18.2 Å². The lowest BCUT2D eigenvalue weighted by atomic mass is 9.99. The number of hydrogen-bond acceptors (Lipinski definition) is 5. The van der Waals surface area contributed by atoms with E-state index in [2.05, 4.69) is 10.6 Å². The van der Waals surface area contributed by atoms with Crippen molar-refractivity contribution in [2.75, 3.05) is 0 Å². The van der Waals surface area contributed by atoms with Crippen LogP contribution < -0.4 is 10.6 Å². The van der Waals surface area contributed by atoms with Gasteiger partial charge in [0.15, 0.2) is 0 Å². The Kier molecular flexibility index (Phi) is 7.24. The predicted octanol–water partition coefficient (Wildman–Crippen LogP) is 3.25. The SMILES string of the molecule is CC(NC(=O)OC(C)(C)C)C(=O)N(C1CC1)C(C(=O)NC(C)(C)C)c1ccccc1O. The van der Waals surface area contributed by atoms with Crippen LogP contribution in [0, 0.1) is 0 Å². The van der Waals surface area contributed by atoms with Gasteiger partial charge in [0.05, 0.1) is 0 Å². The molecular formula is C23H35N3O5. The Morgan fingerprint density at radius 1 is 1.10 bits per heavy atom. The summed E-state index contributed by atoms with van der Waals surface area (Å²) in [5.74, 6) is -0.868. The van der Waals surface area contributed by atoms with Gasteiger partial charge in [0.1, 0.15) is 23.4 Å². The summed E-state index contributed by atoms with van der Waals surface area (Å²) < 4.78 is 5.25. The third kappa shape index (κ3) is 7.15. The molecule has 3 N–H and O–H groups in total. The van der Waals surface area contributed by atoms with Crippen molar-refractivity contribution in [2.45, 2.75) is 90.6 Å². The molecule has 0 heterocycles. The second-order valence-corrected chi connectivity index (χ2v) is 10.0. The smallest absolute Gasteiger partial charge is 0.408 e. The van der Waals surface area contributed by atoms with E-state index in [0.29, 0.717) is 5.56 Å². The van der Waals surface area contributed by atoms with E-state index in [1.54, 1.807) is 45.9 Å². The first-order valence-corrected chi connectivity index (χ1v) is 10.6. The van der Waals surface area contributed by atoms with Crippen molar-refractivity contribution in [2.24, 2.45) is 0 Å². The van der Waals surface area contributed by atoms with Gasteiger partial charge < -0.3 is 25.4 Å². The van der Waals surface area contributed by atoms with Gasteiger partial charge in [-0.05, 0) is 67.4 Å². The molecule has 0 aliphatic heterocycles. The predicted molar refractivity (Wildman–Crippen MR) is 117 cm³/mol. The Morgan fingerprint density at radius 3 is 2.16 bits per heavy atom. The van der Waals surface area contributed by atoms with Crippen molar-refractivity contribution < 1.29 is 24.2 Å². The minimum atomic E-state index is -1.02. The fraction of sp³-hybridized carbons (Fsp3) is 0.609.